The van der Waals surface area contributed by atoms with E-state index in [1.165, 1.54) is 5.56 Å². The van der Waals surface area contributed by atoms with Gasteiger partial charge in [0.05, 0.1) is 11.9 Å². The second-order valence-electron chi connectivity index (χ2n) is 5.78. The first-order valence-electron chi connectivity index (χ1n) is 8.00. The van der Waals surface area contributed by atoms with Crippen LogP contribution < -0.4 is 15.4 Å². The molecule has 1 atom stereocenters. The molecule has 26 heavy (non-hydrogen) atoms. The molecule has 5 nitrogen and oxygen atoms in total. The van der Waals surface area contributed by atoms with E-state index in [1.807, 2.05) is 43.0 Å². The number of halogens is 2. The summed E-state index contributed by atoms with van der Waals surface area (Å²) in [6.45, 7) is 3.00. The van der Waals surface area contributed by atoms with Crippen molar-refractivity contribution in [3.05, 3.63) is 48.2 Å². The predicted octanol–water partition coefficient (Wildman–Crippen LogP) is 4.06. The van der Waals surface area contributed by atoms with Crippen molar-refractivity contribution >= 4 is 48.2 Å². The third-order valence-corrected chi connectivity index (χ3v) is 4.82. The fraction of sp³-hybridized carbons (Fsp3) is 0.333. The predicted molar refractivity (Wildman–Crippen MR) is 112 cm³/mol. The third-order valence-electron chi connectivity index (χ3n) is 3.69. The zero-order valence-electron chi connectivity index (χ0n) is 14.4. The highest BCUT2D eigenvalue weighted by molar-refractivity contribution is 7.99. The molecule has 0 bridgehead atoms. The Hall–Kier alpha value is -1.47. The minimum Gasteiger partial charge on any atom is -0.439 e. The van der Waals surface area contributed by atoms with Crippen molar-refractivity contribution in [2.75, 3.05) is 23.4 Å². The van der Waals surface area contributed by atoms with Crippen molar-refractivity contribution < 1.29 is 9.53 Å². The van der Waals surface area contributed by atoms with Crippen molar-refractivity contribution in [1.82, 2.24) is 10.3 Å². The summed E-state index contributed by atoms with van der Waals surface area (Å²) in [6, 6.07) is 11.6. The third kappa shape index (κ3) is 7.03. The number of aryl methyl sites for hydroxylation is 1. The van der Waals surface area contributed by atoms with Gasteiger partial charge in [0, 0.05) is 36.6 Å². The number of carbonyl (C=O) groups is 1. The number of pyridine rings is 1. The maximum atomic E-state index is 12.1. The van der Waals surface area contributed by atoms with Crippen molar-refractivity contribution in [3.63, 3.8) is 0 Å². The number of hydrogen-bond donors (Lipinski definition) is 2. The molecule has 1 aliphatic heterocycles. The molecule has 1 aromatic carbocycles. The smallest absolute Gasteiger partial charge is 0.226 e. The summed E-state index contributed by atoms with van der Waals surface area (Å²) in [7, 11) is 0. The first kappa shape index (κ1) is 22.6. The molecule has 0 radical (unpaired) electrons. The summed E-state index contributed by atoms with van der Waals surface area (Å²) in [5.74, 6) is 3.34. The van der Waals surface area contributed by atoms with E-state index in [-0.39, 0.29) is 36.8 Å². The number of aromatic nitrogens is 1. The average Bonchev–Trinajstić information content (AvgIpc) is 2.59. The lowest BCUT2D eigenvalue weighted by Crippen LogP contribution is -2.39. The summed E-state index contributed by atoms with van der Waals surface area (Å²) < 4.78 is 5.68. The fourth-order valence-corrected chi connectivity index (χ4v) is 3.38. The molecule has 1 aliphatic rings. The van der Waals surface area contributed by atoms with Crippen molar-refractivity contribution in [2.45, 2.75) is 19.4 Å². The Kier molecular flexibility index (Phi) is 9.80. The van der Waals surface area contributed by atoms with Gasteiger partial charge in [0.25, 0.3) is 0 Å². The Morgan fingerprint density at radius 1 is 1.27 bits per heavy atom. The molecular weight excluding hydrogens is 393 g/mol. The topological polar surface area (TPSA) is 63.2 Å². The molecule has 1 fully saturated rings. The molecule has 1 unspecified atom stereocenters. The highest BCUT2D eigenvalue weighted by Crippen LogP contribution is 2.21. The molecule has 2 aromatic rings. The SMILES string of the molecule is Cc1ccc(Oc2ccc(NC(=O)CC3CSCCN3)cn2)cc1.Cl.Cl. The van der Waals surface area contributed by atoms with E-state index in [9.17, 15) is 4.79 Å². The number of anilines is 1. The average molecular weight is 416 g/mol. The molecule has 3 rings (SSSR count). The number of carbonyl (C=O) groups excluding carboxylic acids is 1. The van der Waals surface area contributed by atoms with Gasteiger partial charge in [-0.25, -0.2) is 4.98 Å². The Morgan fingerprint density at radius 3 is 2.65 bits per heavy atom. The van der Waals surface area contributed by atoms with Gasteiger partial charge in [-0.1, -0.05) is 17.7 Å². The van der Waals surface area contributed by atoms with Crippen molar-refractivity contribution in [3.8, 4) is 11.6 Å². The lowest BCUT2D eigenvalue weighted by molar-refractivity contribution is -0.116. The number of hydrogen-bond acceptors (Lipinski definition) is 5. The second-order valence-corrected chi connectivity index (χ2v) is 6.93. The number of thioether (sulfide) groups is 1. The zero-order chi connectivity index (χ0) is 16.8. The molecule has 2 heterocycles. The molecule has 0 aliphatic carbocycles. The minimum absolute atomic E-state index is 0. The number of benzene rings is 1. The second kappa shape index (κ2) is 11.3. The first-order chi connectivity index (χ1) is 11.7. The van der Waals surface area contributed by atoms with Crippen LogP contribution in [0.25, 0.3) is 0 Å². The van der Waals surface area contributed by atoms with Crippen LogP contribution in [0.2, 0.25) is 0 Å². The van der Waals surface area contributed by atoms with E-state index in [0.29, 0.717) is 18.0 Å². The lowest BCUT2D eigenvalue weighted by atomic mass is 10.2. The fourth-order valence-electron chi connectivity index (χ4n) is 2.43. The summed E-state index contributed by atoms with van der Waals surface area (Å²) in [6.07, 6.45) is 2.10. The zero-order valence-corrected chi connectivity index (χ0v) is 16.9. The summed E-state index contributed by atoms with van der Waals surface area (Å²) >= 11 is 1.88. The van der Waals surface area contributed by atoms with Gasteiger partial charge in [-0.2, -0.15) is 11.8 Å². The van der Waals surface area contributed by atoms with Gasteiger partial charge in [-0.3, -0.25) is 4.79 Å². The van der Waals surface area contributed by atoms with Crippen molar-refractivity contribution in [2.24, 2.45) is 0 Å². The van der Waals surface area contributed by atoms with E-state index in [4.69, 9.17) is 4.74 Å². The largest absolute Gasteiger partial charge is 0.439 e. The van der Waals surface area contributed by atoms with E-state index in [0.717, 1.165) is 23.8 Å². The highest BCUT2D eigenvalue weighted by Gasteiger charge is 2.16. The minimum atomic E-state index is 0. The number of rotatable bonds is 5. The van der Waals surface area contributed by atoms with Crippen LogP contribution in [0.1, 0.15) is 12.0 Å². The van der Waals surface area contributed by atoms with E-state index in [2.05, 4.69) is 15.6 Å². The maximum Gasteiger partial charge on any atom is 0.226 e. The summed E-state index contributed by atoms with van der Waals surface area (Å²) in [4.78, 5) is 16.3. The number of ether oxygens (including phenoxy) is 1. The molecule has 1 saturated heterocycles. The Balaban J connectivity index is 0.00000169. The van der Waals surface area contributed by atoms with Gasteiger partial charge < -0.3 is 15.4 Å². The molecule has 1 aromatic heterocycles. The molecular formula is C18H23Cl2N3O2S. The molecule has 142 valence electrons. The van der Waals surface area contributed by atoms with Crippen LogP contribution in [-0.4, -0.2) is 35.0 Å². The molecule has 0 spiro atoms. The summed E-state index contributed by atoms with van der Waals surface area (Å²) in [5.41, 5.74) is 1.86. The lowest BCUT2D eigenvalue weighted by Gasteiger charge is -2.22. The van der Waals surface area contributed by atoms with Crippen LogP contribution in [-0.2, 0) is 4.79 Å². The summed E-state index contributed by atoms with van der Waals surface area (Å²) in [5, 5.41) is 6.24. The Bertz CT molecular complexity index is 678. The number of nitrogens with zero attached hydrogens (tertiary/aromatic N) is 1. The molecule has 0 saturated carbocycles. The van der Waals surface area contributed by atoms with Gasteiger partial charge in [0.1, 0.15) is 5.75 Å². The van der Waals surface area contributed by atoms with Gasteiger partial charge in [0.2, 0.25) is 11.8 Å². The number of nitrogens with one attached hydrogen (secondary N) is 2. The van der Waals surface area contributed by atoms with Gasteiger partial charge in [0.15, 0.2) is 0 Å². The molecule has 2 N–H and O–H groups in total. The van der Waals surface area contributed by atoms with Crippen LogP contribution in [0, 0.1) is 6.92 Å². The van der Waals surface area contributed by atoms with Crippen LogP contribution in [0.4, 0.5) is 5.69 Å². The van der Waals surface area contributed by atoms with Gasteiger partial charge in [-0.05, 0) is 25.1 Å². The molecule has 1 amide bonds. The molecule has 8 heteroatoms. The quantitative estimate of drug-likeness (QED) is 0.770. The van der Waals surface area contributed by atoms with E-state index in [1.54, 1.807) is 18.3 Å². The van der Waals surface area contributed by atoms with E-state index < -0.39 is 0 Å². The van der Waals surface area contributed by atoms with E-state index >= 15 is 0 Å². The maximum absolute atomic E-state index is 12.1. The Labute approximate surface area is 170 Å². The van der Waals surface area contributed by atoms with Crippen LogP contribution in [0.5, 0.6) is 11.6 Å². The van der Waals surface area contributed by atoms with Gasteiger partial charge >= 0.3 is 0 Å². The monoisotopic (exact) mass is 415 g/mol. The van der Waals surface area contributed by atoms with Crippen LogP contribution in [0.15, 0.2) is 42.6 Å². The number of amides is 1. The first-order valence-corrected chi connectivity index (χ1v) is 9.16. The standard InChI is InChI=1S/C18H21N3O2S.2ClH/c1-13-2-5-16(6-3-13)23-18-7-4-14(11-20-18)21-17(22)10-15-12-24-9-8-19-15;;/h2-7,11,15,19H,8-10,12H2,1H3,(H,21,22);2*1H. The van der Waals surface area contributed by atoms with Gasteiger partial charge in [-0.15, -0.1) is 24.8 Å². The Morgan fingerprint density at radius 2 is 2.04 bits per heavy atom. The van der Waals surface area contributed by atoms with Crippen LogP contribution >= 0.6 is 36.6 Å². The normalized spacial score (nSPS) is 16.0. The highest BCUT2D eigenvalue weighted by atomic mass is 35.5. The van der Waals surface area contributed by atoms with Crippen LogP contribution in [0.3, 0.4) is 0 Å². The van der Waals surface area contributed by atoms with Crippen molar-refractivity contribution in [1.29, 1.82) is 0 Å².